The van der Waals surface area contributed by atoms with E-state index in [4.69, 9.17) is 23.2 Å². The van der Waals surface area contributed by atoms with Gasteiger partial charge in [-0.1, -0.05) is 60.1 Å². The summed E-state index contributed by atoms with van der Waals surface area (Å²) in [5, 5.41) is 0.620. The maximum atomic E-state index is 6.48. The van der Waals surface area contributed by atoms with Crippen molar-refractivity contribution < 1.29 is 0 Å². The molecule has 4 rings (SSSR count). The zero-order valence-electron chi connectivity index (χ0n) is 12.5. The molecule has 4 heteroatoms. The van der Waals surface area contributed by atoms with Gasteiger partial charge in [0.2, 0.25) is 0 Å². The number of aryl methyl sites for hydroxylation is 1. The summed E-state index contributed by atoms with van der Waals surface area (Å²) >= 11 is 12.5. The van der Waals surface area contributed by atoms with Crippen LogP contribution in [-0.4, -0.2) is 9.55 Å². The first-order valence-electron chi connectivity index (χ1n) is 7.73. The average Bonchev–Trinajstić information content (AvgIpc) is 3.16. The molecular weight excluding hydrogens is 327 g/mol. The number of halogens is 2. The van der Waals surface area contributed by atoms with Gasteiger partial charge in [-0.15, -0.1) is 11.6 Å². The van der Waals surface area contributed by atoms with Crippen LogP contribution in [0.25, 0.3) is 0 Å². The number of rotatable bonds is 3. The van der Waals surface area contributed by atoms with Gasteiger partial charge in [0, 0.05) is 6.20 Å². The van der Waals surface area contributed by atoms with Crippen LogP contribution in [0.1, 0.15) is 40.1 Å². The van der Waals surface area contributed by atoms with Gasteiger partial charge in [-0.25, -0.2) is 4.98 Å². The van der Waals surface area contributed by atoms with E-state index in [1.54, 1.807) is 6.33 Å². The zero-order valence-corrected chi connectivity index (χ0v) is 14.0. The van der Waals surface area contributed by atoms with Crippen LogP contribution in [-0.2, 0) is 6.42 Å². The second kappa shape index (κ2) is 6.03. The fourth-order valence-electron chi connectivity index (χ4n) is 3.37. The Balaban J connectivity index is 1.84. The number of fused-ring (bicyclic) bond motifs is 1. The van der Waals surface area contributed by atoms with Gasteiger partial charge in [-0.3, -0.25) is 0 Å². The lowest BCUT2D eigenvalue weighted by atomic mass is 9.95. The van der Waals surface area contributed by atoms with Gasteiger partial charge in [0.05, 0.1) is 17.7 Å². The minimum Gasteiger partial charge on any atom is -0.324 e. The summed E-state index contributed by atoms with van der Waals surface area (Å²) in [6, 6.07) is 17.1. The molecule has 1 heterocycles. The molecule has 116 valence electrons. The highest BCUT2D eigenvalue weighted by Crippen LogP contribution is 2.38. The van der Waals surface area contributed by atoms with E-state index in [1.165, 1.54) is 22.3 Å². The fraction of sp³-hybridized carbons (Fsp3) is 0.211. The molecule has 2 unspecified atom stereocenters. The van der Waals surface area contributed by atoms with E-state index in [1.807, 2.05) is 12.3 Å². The van der Waals surface area contributed by atoms with Crippen molar-refractivity contribution in [1.29, 1.82) is 0 Å². The predicted octanol–water partition coefficient (Wildman–Crippen LogP) is 5.40. The van der Waals surface area contributed by atoms with E-state index < -0.39 is 0 Å². The molecule has 2 aromatic carbocycles. The lowest BCUT2D eigenvalue weighted by Gasteiger charge is -2.21. The minimum absolute atomic E-state index is 0.0472. The predicted molar refractivity (Wildman–Crippen MR) is 94.3 cm³/mol. The molecule has 0 aliphatic heterocycles. The van der Waals surface area contributed by atoms with Crippen LogP contribution >= 0.6 is 23.2 Å². The minimum atomic E-state index is 0.0472. The molecule has 1 aliphatic carbocycles. The zero-order chi connectivity index (χ0) is 15.8. The second-order valence-electron chi connectivity index (χ2n) is 5.92. The van der Waals surface area contributed by atoms with E-state index in [2.05, 4.69) is 52.0 Å². The molecule has 0 N–H and O–H groups in total. The van der Waals surface area contributed by atoms with Gasteiger partial charge in [-0.2, -0.15) is 0 Å². The molecular formula is C19H16Cl2N2. The summed E-state index contributed by atoms with van der Waals surface area (Å²) in [6.45, 7) is 0. The van der Waals surface area contributed by atoms with Crippen molar-refractivity contribution in [1.82, 2.24) is 9.55 Å². The highest BCUT2D eigenvalue weighted by molar-refractivity contribution is 6.29. The first-order valence-corrected chi connectivity index (χ1v) is 8.54. The fourth-order valence-corrected chi connectivity index (χ4v) is 3.83. The van der Waals surface area contributed by atoms with Crippen LogP contribution in [0.15, 0.2) is 61.1 Å². The van der Waals surface area contributed by atoms with Crippen molar-refractivity contribution >= 4 is 23.2 Å². The third kappa shape index (κ3) is 2.77. The topological polar surface area (TPSA) is 17.8 Å². The number of hydrogen-bond acceptors (Lipinski definition) is 1. The van der Waals surface area contributed by atoms with Crippen molar-refractivity contribution in [3.8, 4) is 0 Å². The maximum absolute atomic E-state index is 6.48. The van der Waals surface area contributed by atoms with Crippen LogP contribution < -0.4 is 0 Å². The van der Waals surface area contributed by atoms with Gasteiger partial charge < -0.3 is 4.57 Å². The Hall–Kier alpha value is -1.77. The first kappa shape index (κ1) is 14.8. The van der Waals surface area contributed by atoms with E-state index >= 15 is 0 Å². The van der Waals surface area contributed by atoms with E-state index in [0.717, 1.165) is 12.8 Å². The first-order chi connectivity index (χ1) is 11.2. The van der Waals surface area contributed by atoms with Crippen LogP contribution in [0.5, 0.6) is 0 Å². The molecule has 1 aliphatic rings. The second-order valence-corrected chi connectivity index (χ2v) is 6.84. The Kier molecular flexibility index (Phi) is 3.88. The quantitative estimate of drug-likeness (QED) is 0.582. The third-order valence-electron chi connectivity index (χ3n) is 4.47. The molecule has 0 fully saturated rings. The van der Waals surface area contributed by atoms with Gasteiger partial charge in [0.1, 0.15) is 5.15 Å². The summed E-state index contributed by atoms with van der Waals surface area (Å²) in [7, 11) is 0. The number of alkyl halides is 1. The Bertz CT molecular complexity index is 826. The maximum Gasteiger partial charge on any atom is 0.147 e. The molecule has 0 saturated heterocycles. The van der Waals surface area contributed by atoms with E-state index in [-0.39, 0.29) is 11.4 Å². The lowest BCUT2D eigenvalue weighted by Crippen LogP contribution is -2.11. The number of benzene rings is 2. The summed E-state index contributed by atoms with van der Waals surface area (Å²) in [5.74, 6) is 0. The average molecular weight is 343 g/mol. The standard InChI is InChI=1S/C19H16Cl2N2/c20-17-9-8-13-6-7-15(10-16(13)17)19(14-4-2-1-3-5-14)23-11-18(21)22-12-23/h1-7,10-12,17,19H,8-9H2. The van der Waals surface area contributed by atoms with Gasteiger partial charge in [0.15, 0.2) is 0 Å². The van der Waals surface area contributed by atoms with Gasteiger partial charge in [0.25, 0.3) is 0 Å². The van der Waals surface area contributed by atoms with Gasteiger partial charge in [-0.05, 0) is 35.1 Å². The number of nitrogens with zero attached hydrogens (tertiary/aromatic N) is 2. The summed E-state index contributed by atoms with van der Waals surface area (Å²) in [6.07, 6.45) is 5.74. The highest BCUT2D eigenvalue weighted by atomic mass is 35.5. The Morgan fingerprint density at radius 2 is 1.91 bits per heavy atom. The SMILES string of the molecule is Clc1cn(C(c2ccccc2)c2ccc3c(c2)C(Cl)CC3)cn1. The third-order valence-corrected chi connectivity index (χ3v) is 5.12. The van der Waals surface area contributed by atoms with Crippen LogP contribution in [0.4, 0.5) is 0 Å². The molecule has 0 radical (unpaired) electrons. The lowest BCUT2D eigenvalue weighted by molar-refractivity contribution is 0.676. The summed E-state index contributed by atoms with van der Waals surface area (Å²) < 4.78 is 2.05. The molecule has 0 saturated carbocycles. The van der Waals surface area contributed by atoms with Crippen molar-refractivity contribution in [2.75, 3.05) is 0 Å². The molecule has 0 bridgehead atoms. The number of imidazole rings is 1. The van der Waals surface area contributed by atoms with Crippen LogP contribution in [0.3, 0.4) is 0 Å². The number of hydrogen-bond donors (Lipinski definition) is 0. The molecule has 23 heavy (non-hydrogen) atoms. The monoisotopic (exact) mass is 342 g/mol. The highest BCUT2D eigenvalue weighted by Gasteiger charge is 2.23. The normalized spacial score (nSPS) is 17.9. The van der Waals surface area contributed by atoms with E-state index in [9.17, 15) is 0 Å². The van der Waals surface area contributed by atoms with Crippen molar-refractivity contribution in [2.24, 2.45) is 0 Å². The van der Waals surface area contributed by atoms with E-state index in [0.29, 0.717) is 5.15 Å². The molecule has 1 aromatic heterocycles. The Morgan fingerprint density at radius 3 is 2.65 bits per heavy atom. The summed E-state index contributed by atoms with van der Waals surface area (Å²) in [5.41, 5.74) is 5.03. The van der Waals surface area contributed by atoms with Crippen molar-refractivity contribution in [3.05, 3.63) is 88.5 Å². The van der Waals surface area contributed by atoms with Gasteiger partial charge >= 0.3 is 0 Å². The summed E-state index contributed by atoms with van der Waals surface area (Å²) in [4.78, 5) is 4.18. The van der Waals surface area contributed by atoms with Crippen LogP contribution in [0.2, 0.25) is 5.15 Å². The van der Waals surface area contributed by atoms with Crippen molar-refractivity contribution in [2.45, 2.75) is 24.3 Å². The number of aromatic nitrogens is 2. The Morgan fingerprint density at radius 1 is 1.09 bits per heavy atom. The smallest absolute Gasteiger partial charge is 0.147 e. The molecule has 2 nitrogen and oxygen atoms in total. The Labute approximate surface area is 145 Å². The van der Waals surface area contributed by atoms with Crippen LogP contribution in [0, 0.1) is 0 Å². The largest absolute Gasteiger partial charge is 0.324 e. The molecule has 0 spiro atoms. The van der Waals surface area contributed by atoms with Crippen molar-refractivity contribution in [3.63, 3.8) is 0 Å². The molecule has 2 atom stereocenters. The molecule has 3 aromatic rings. The molecule has 0 amide bonds.